The van der Waals surface area contributed by atoms with Gasteiger partial charge in [-0.2, -0.15) is 9.61 Å². The van der Waals surface area contributed by atoms with Crippen LogP contribution in [0.5, 0.6) is 0 Å². The number of hydrogen-bond donors (Lipinski definition) is 1. The Balaban J connectivity index is 1.55. The first kappa shape index (κ1) is 19.5. The Morgan fingerprint density at radius 3 is 2.73 bits per heavy atom. The molecule has 1 aromatic carbocycles. The van der Waals surface area contributed by atoms with Gasteiger partial charge in [0.15, 0.2) is 5.65 Å². The van der Waals surface area contributed by atoms with Crippen LogP contribution in [0.3, 0.4) is 0 Å². The highest BCUT2D eigenvalue weighted by atomic mass is 16.1. The molecule has 6 rings (SSSR count). The number of carbonyl (C=O) groups is 1. The second-order valence-corrected chi connectivity index (χ2v) is 8.55. The topological polar surface area (TPSA) is 94.3 Å². The van der Waals surface area contributed by atoms with Gasteiger partial charge in [-0.3, -0.25) is 4.79 Å². The fraction of sp³-hybridized carbons (Fsp3) is 0.200. The largest absolute Gasteiger partial charge is 0.365 e. The molecular formula is C25H23N7O. The van der Waals surface area contributed by atoms with Gasteiger partial charge in [0, 0.05) is 49.0 Å². The maximum atomic E-state index is 12.1. The third kappa shape index (κ3) is 3.31. The number of primary amides is 1. The van der Waals surface area contributed by atoms with Crippen molar-refractivity contribution in [2.24, 2.45) is 5.73 Å². The minimum atomic E-state index is -0.548. The molecule has 1 amide bonds. The second kappa shape index (κ2) is 7.44. The highest BCUT2D eigenvalue weighted by Gasteiger charge is 2.27. The lowest BCUT2D eigenvalue weighted by molar-refractivity contribution is 0.100. The zero-order valence-electron chi connectivity index (χ0n) is 18.2. The normalized spacial score (nSPS) is 13.6. The van der Waals surface area contributed by atoms with Crippen LogP contribution >= 0.6 is 0 Å². The summed E-state index contributed by atoms with van der Waals surface area (Å²) in [6.45, 7) is 0.677. The van der Waals surface area contributed by atoms with Gasteiger partial charge in [0.25, 0.3) is 5.91 Å². The second-order valence-electron chi connectivity index (χ2n) is 8.55. The van der Waals surface area contributed by atoms with E-state index in [9.17, 15) is 4.79 Å². The van der Waals surface area contributed by atoms with Crippen LogP contribution in [-0.4, -0.2) is 37.1 Å². The molecule has 164 valence electrons. The molecule has 8 heteroatoms. The third-order valence-corrected chi connectivity index (χ3v) is 6.18. The van der Waals surface area contributed by atoms with E-state index < -0.39 is 5.91 Å². The molecule has 0 aliphatic heterocycles. The van der Waals surface area contributed by atoms with Gasteiger partial charge in [0.05, 0.1) is 11.9 Å². The number of benzene rings is 1. The van der Waals surface area contributed by atoms with Gasteiger partial charge in [-0.25, -0.2) is 9.97 Å². The van der Waals surface area contributed by atoms with Crippen molar-refractivity contribution in [2.75, 3.05) is 11.9 Å². The van der Waals surface area contributed by atoms with Crippen molar-refractivity contribution in [3.05, 3.63) is 78.2 Å². The maximum Gasteiger partial charge on any atom is 0.254 e. The first-order valence-electron chi connectivity index (χ1n) is 11.0. The number of nitrogens with zero attached hydrogens (tertiary/aromatic N) is 6. The molecule has 0 radical (unpaired) electrons. The Morgan fingerprint density at radius 2 is 1.97 bits per heavy atom. The lowest BCUT2D eigenvalue weighted by atomic mass is 10.1. The zero-order chi connectivity index (χ0) is 22.5. The van der Waals surface area contributed by atoms with Crippen LogP contribution < -0.4 is 10.6 Å². The average Bonchev–Trinajstić information content (AvgIpc) is 3.46. The van der Waals surface area contributed by atoms with Gasteiger partial charge >= 0.3 is 0 Å². The van der Waals surface area contributed by atoms with Crippen molar-refractivity contribution in [2.45, 2.75) is 25.4 Å². The fourth-order valence-electron chi connectivity index (χ4n) is 4.39. The first-order chi connectivity index (χ1) is 16.1. The van der Waals surface area contributed by atoms with Crippen LogP contribution in [-0.2, 0) is 6.54 Å². The Labute approximate surface area is 190 Å². The van der Waals surface area contributed by atoms with Gasteiger partial charge in [-0.15, -0.1) is 0 Å². The van der Waals surface area contributed by atoms with E-state index in [2.05, 4.69) is 43.9 Å². The first-order valence-corrected chi connectivity index (χ1v) is 11.0. The summed E-state index contributed by atoms with van der Waals surface area (Å²) in [5.74, 6) is 0.274. The Bertz CT molecular complexity index is 1500. The van der Waals surface area contributed by atoms with E-state index in [0.29, 0.717) is 23.8 Å². The number of aromatic nitrogens is 5. The van der Waals surface area contributed by atoms with Crippen LogP contribution in [0.2, 0.25) is 0 Å². The monoisotopic (exact) mass is 437 g/mol. The molecule has 1 aliphatic rings. The molecule has 8 nitrogen and oxygen atoms in total. The van der Waals surface area contributed by atoms with Crippen molar-refractivity contribution >= 4 is 28.4 Å². The molecule has 0 atom stereocenters. The number of nitrogens with two attached hydrogens (primary N) is 1. The molecule has 1 aliphatic carbocycles. The predicted octanol–water partition coefficient (Wildman–Crippen LogP) is 3.82. The maximum absolute atomic E-state index is 12.1. The summed E-state index contributed by atoms with van der Waals surface area (Å²) in [5, 5.41) is 5.48. The van der Waals surface area contributed by atoms with Crippen LogP contribution in [0.15, 0.2) is 67.1 Å². The van der Waals surface area contributed by atoms with E-state index in [1.165, 1.54) is 11.8 Å². The van der Waals surface area contributed by atoms with E-state index in [1.807, 2.05) is 43.6 Å². The summed E-state index contributed by atoms with van der Waals surface area (Å²) in [7, 11) is 2.01. The zero-order valence-corrected chi connectivity index (χ0v) is 18.2. The number of rotatable bonds is 6. The van der Waals surface area contributed by atoms with E-state index in [4.69, 9.17) is 10.7 Å². The summed E-state index contributed by atoms with van der Waals surface area (Å²) < 4.78 is 3.93. The summed E-state index contributed by atoms with van der Waals surface area (Å²) in [6.07, 6.45) is 7.76. The van der Waals surface area contributed by atoms with E-state index >= 15 is 0 Å². The average molecular weight is 438 g/mol. The minimum absolute atomic E-state index is 0.301. The van der Waals surface area contributed by atoms with Gasteiger partial charge in [-0.1, -0.05) is 30.3 Å². The Hall–Kier alpha value is -4.20. The van der Waals surface area contributed by atoms with E-state index in [0.717, 1.165) is 41.0 Å². The van der Waals surface area contributed by atoms with Gasteiger partial charge in [-0.05, 0) is 30.5 Å². The standard InChI is InChI=1S/C25H23N7O/c1-30(14-16-6-3-2-4-7-16)22-12-21(29-25-19(23(26)33)13-28-32(22)25)20-15-31(17-9-10-17)24-18(20)8-5-11-27-24/h2-8,11-13,15,17H,9-10,14H2,1H3,(H2,26,33). The van der Waals surface area contributed by atoms with Crippen molar-refractivity contribution < 1.29 is 4.79 Å². The summed E-state index contributed by atoms with van der Waals surface area (Å²) in [4.78, 5) is 23.7. The van der Waals surface area contributed by atoms with E-state index in [1.54, 1.807) is 4.52 Å². The number of hydrogen-bond acceptors (Lipinski definition) is 5. The van der Waals surface area contributed by atoms with Crippen LogP contribution in [0.1, 0.15) is 34.8 Å². The molecular weight excluding hydrogens is 414 g/mol. The lowest BCUT2D eigenvalue weighted by Gasteiger charge is -2.21. The minimum Gasteiger partial charge on any atom is -0.365 e. The molecule has 5 aromatic rings. The van der Waals surface area contributed by atoms with Gasteiger partial charge in [0.1, 0.15) is 17.0 Å². The lowest BCUT2D eigenvalue weighted by Crippen LogP contribution is -2.20. The summed E-state index contributed by atoms with van der Waals surface area (Å²) >= 11 is 0. The highest BCUT2D eigenvalue weighted by Crippen LogP contribution is 2.41. The molecule has 1 saturated carbocycles. The Morgan fingerprint density at radius 1 is 1.15 bits per heavy atom. The third-order valence-electron chi connectivity index (χ3n) is 6.18. The van der Waals surface area contributed by atoms with Crippen molar-refractivity contribution in [3.8, 4) is 11.3 Å². The molecule has 4 aromatic heterocycles. The number of amides is 1. The number of carbonyl (C=O) groups excluding carboxylic acids is 1. The van der Waals surface area contributed by atoms with Gasteiger partial charge < -0.3 is 15.2 Å². The molecule has 33 heavy (non-hydrogen) atoms. The number of pyridine rings is 1. The van der Waals surface area contributed by atoms with Crippen LogP contribution in [0.25, 0.3) is 27.9 Å². The molecule has 0 spiro atoms. The summed E-state index contributed by atoms with van der Waals surface area (Å²) in [5.41, 5.74) is 10.3. The predicted molar refractivity (Wildman–Crippen MR) is 127 cm³/mol. The van der Waals surface area contributed by atoms with Crippen molar-refractivity contribution in [1.82, 2.24) is 24.1 Å². The summed E-state index contributed by atoms with van der Waals surface area (Å²) in [6, 6.07) is 16.7. The van der Waals surface area contributed by atoms with Crippen molar-refractivity contribution in [3.63, 3.8) is 0 Å². The molecule has 0 unspecified atom stereocenters. The van der Waals surface area contributed by atoms with E-state index in [-0.39, 0.29) is 0 Å². The molecule has 0 saturated heterocycles. The van der Waals surface area contributed by atoms with Crippen LogP contribution in [0, 0.1) is 0 Å². The van der Waals surface area contributed by atoms with Gasteiger partial charge in [0.2, 0.25) is 0 Å². The molecule has 4 heterocycles. The molecule has 2 N–H and O–H groups in total. The fourth-order valence-corrected chi connectivity index (χ4v) is 4.39. The highest BCUT2D eigenvalue weighted by molar-refractivity contribution is 6.00. The molecule has 1 fully saturated rings. The van der Waals surface area contributed by atoms with Crippen LogP contribution in [0.4, 0.5) is 5.82 Å². The van der Waals surface area contributed by atoms with Crippen molar-refractivity contribution in [1.29, 1.82) is 0 Å². The number of fused-ring (bicyclic) bond motifs is 2. The smallest absolute Gasteiger partial charge is 0.254 e. The SMILES string of the molecule is CN(Cc1ccccc1)c1cc(-c2cn(C3CC3)c3ncccc23)nc2c(C(N)=O)cnn12. The Kier molecular flexibility index (Phi) is 4.39. The molecule has 0 bridgehead atoms. The quantitative estimate of drug-likeness (QED) is 0.436. The number of anilines is 1.